The number of para-hydroxylation sites is 1. The van der Waals surface area contributed by atoms with Crippen molar-refractivity contribution >= 4 is 17.0 Å². The highest BCUT2D eigenvalue weighted by atomic mass is 16.4. The highest BCUT2D eigenvalue weighted by molar-refractivity contribution is 5.79. The predicted molar refractivity (Wildman–Crippen MR) is 62.6 cm³/mol. The number of fused-ring (bicyclic) bond motifs is 1. The minimum absolute atomic E-state index is 0.488. The fraction of sp³-hybridized carbons (Fsp3) is 0.250. The first-order chi connectivity index (χ1) is 7.77. The lowest BCUT2D eigenvalue weighted by molar-refractivity contribution is 0.194. The number of aromatic nitrogens is 1. The third-order valence-corrected chi connectivity index (χ3v) is 2.53. The maximum Gasteiger partial charge on any atom is 0.404 e. The Morgan fingerprint density at radius 1 is 1.31 bits per heavy atom. The molecule has 0 radical (unpaired) electrons. The SMILES string of the molecule is O=C(O)NCCCn1ccc2ccccc21. The standard InChI is InChI=1S/C12H14N2O2/c15-12(16)13-7-3-8-14-9-6-10-4-1-2-5-11(10)14/h1-2,4-6,9,13H,3,7-8H2,(H,15,16). The average molecular weight is 218 g/mol. The van der Waals surface area contributed by atoms with Crippen LogP contribution in [0, 0.1) is 0 Å². The van der Waals surface area contributed by atoms with Crippen molar-refractivity contribution in [1.82, 2.24) is 9.88 Å². The average Bonchev–Trinajstić information content (AvgIpc) is 2.68. The van der Waals surface area contributed by atoms with Crippen LogP contribution in [0.2, 0.25) is 0 Å². The van der Waals surface area contributed by atoms with Gasteiger partial charge in [-0.15, -0.1) is 0 Å². The number of nitrogens with zero attached hydrogens (tertiary/aromatic N) is 1. The fourth-order valence-electron chi connectivity index (χ4n) is 1.78. The Balaban J connectivity index is 1.97. The van der Waals surface area contributed by atoms with E-state index >= 15 is 0 Å². The lowest BCUT2D eigenvalue weighted by atomic mass is 10.2. The molecule has 1 aromatic heterocycles. The van der Waals surface area contributed by atoms with Gasteiger partial charge in [0, 0.05) is 24.8 Å². The second-order valence-corrected chi connectivity index (χ2v) is 3.65. The van der Waals surface area contributed by atoms with Crippen LogP contribution < -0.4 is 5.32 Å². The summed E-state index contributed by atoms with van der Waals surface area (Å²) in [6.07, 6.45) is 1.87. The van der Waals surface area contributed by atoms with Crippen molar-refractivity contribution in [2.45, 2.75) is 13.0 Å². The molecule has 1 amide bonds. The van der Waals surface area contributed by atoms with E-state index in [4.69, 9.17) is 5.11 Å². The molecule has 0 saturated heterocycles. The van der Waals surface area contributed by atoms with Crippen LogP contribution in [0.15, 0.2) is 36.5 Å². The molecule has 0 saturated carbocycles. The highest BCUT2D eigenvalue weighted by Gasteiger charge is 1.99. The topological polar surface area (TPSA) is 54.3 Å². The Bertz CT molecular complexity index is 490. The van der Waals surface area contributed by atoms with Crippen molar-refractivity contribution < 1.29 is 9.90 Å². The summed E-state index contributed by atoms with van der Waals surface area (Å²) in [6.45, 7) is 1.32. The number of rotatable bonds is 4. The van der Waals surface area contributed by atoms with Gasteiger partial charge in [-0.2, -0.15) is 0 Å². The first kappa shape index (κ1) is 10.5. The van der Waals surface area contributed by atoms with Crippen LogP contribution in [-0.2, 0) is 6.54 Å². The van der Waals surface area contributed by atoms with Gasteiger partial charge in [0.1, 0.15) is 0 Å². The second-order valence-electron chi connectivity index (χ2n) is 3.65. The van der Waals surface area contributed by atoms with E-state index in [1.54, 1.807) is 0 Å². The number of carbonyl (C=O) groups is 1. The largest absolute Gasteiger partial charge is 0.465 e. The summed E-state index contributed by atoms with van der Waals surface area (Å²) in [5.74, 6) is 0. The molecule has 4 heteroatoms. The number of aryl methyl sites for hydroxylation is 1. The minimum Gasteiger partial charge on any atom is -0.465 e. The molecule has 0 unspecified atom stereocenters. The maximum absolute atomic E-state index is 10.3. The summed E-state index contributed by atoms with van der Waals surface area (Å²) in [5.41, 5.74) is 1.19. The van der Waals surface area contributed by atoms with Crippen LogP contribution in [0.4, 0.5) is 4.79 Å². The summed E-state index contributed by atoms with van der Waals surface area (Å²) in [6, 6.07) is 10.2. The van der Waals surface area contributed by atoms with E-state index in [0.29, 0.717) is 6.54 Å². The van der Waals surface area contributed by atoms with Crippen molar-refractivity contribution in [3.05, 3.63) is 36.5 Å². The van der Waals surface area contributed by atoms with Gasteiger partial charge in [-0.3, -0.25) is 0 Å². The van der Waals surface area contributed by atoms with Gasteiger partial charge in [0.25, 0.3) is 0 Å². The number of amides is 1. The van der Waals surface area contributed by atoms with Gasteiger partial charge in [0.2, 0.25) is 0 Å². The number of benzene rings is 1. The molecule has 0 fully saturated rings. The molecule has 84 valence electrons. The first-order valence-electron chi connectivity index (χ1n) is 5.28. The molecule has 16 heavy (non-hydrogen) atoms. The lowest BCUT2D eigenvalue weighted by Crippen LogP contribution is -2.22. The second kappa shape index (κ2) is 4.70. The zero-order valence-electron chi connectivity index (χ0n) is 8.89. The van der Waals surface area contributed by atoms with E-state index < -0.39 is 6.09 Å². The van der Waals surface area contributed by atoms with Crippen LogP contribution in [0.5, 0.6) is 0 Å². The molecule has 2 N–H and O–H groups in total. The van der Waals surface area contributed by atoms with Crippen molar-refractivity contribution in [3.63, 3.8) is 0 Å². The van der Waals surface area contributed by atoms with Gasteiger partial charge in [0.15, 0.2) is 0 Å². The van der Waals surface area contributed by atoms with Crippen LogP contribution in [-0.4, -0.2) is 22.3 Å². The van der Waals surface area contributed by atoms with Gasteiger partial charge in [-0.1, -0.05) is 18.2 Å². The molecular formula is C12H14N2O2. The molecule has 1 aromatic carbocycles. The van der Waals surface area contributed by atoms with Gasteiger partial charge in [-0.05, 0) is 23.9 Å². The predicted octanol–water partition coefficient (Wildman–Crippen LogP) is 2.30. The van der Waals surface area contributed by atoms with Gasteiger partial charge < -0.3 is 15.0 Å². The molecule has 0 spiro atoms. The van der Waals surface area contributed by atoms with Crippen molar-refractivity contribution in [1.29, 1.82) is 0 Å². The number of hydrogen-bond acceptors (Lipinski definition) is 1. The Hall–Kier alpha value is -1.97. The number of nitrogens with one attached hydrogen (secondary N) is 1. The zero-order valence-corrected chi connectivity index (χ0v) is 8.89. The van der Waals surface area contributed by atoms with E-state index in [1.807, 2.05) is 18.3 Å². The van der Waals surface area contributed by atoms with E-state index in [-0.39, 0.29) is 0 Å². The van der Waals surface area contributed by atoms with Crippen molar-refractivity contribution in [2.75, 3.05) is 6.54 Å². The smallest absolute Gasteiger partial charge is 0.404 e. The summed E-state index contributed by atoms with van der Waals surface area (Å²) in [7, 11) is 0. The highest BCUT2D eigenvalue weighted by Crippen LogP contribution is 2.14. The molecule has 2 aromatic rings. The normalized spacial score (nSPS) is 10.5. The van der Waals surface area contributed by atoms with Crippen molar-refractivity contribution in [2.24, 2.45) is 0 Å². The Kier molecular flexibility index (Phi) is 3.10. The van der Waals surface area contributed by atoms with Crippen LogP contribution in [0.1, 0.15) is 6.42 Å². The zero-order chi connectivity index (χ0) is 11.4. The third-order valence-electron chi connectivity index (χ3n) is 2.53. The van der Waals surface area contributed by atoms with E-state index in [1.165, 1.54) is 10.9 Å². The molecule has 4 nitrogen and oxygen atoms in total. The summed E-state index contributed by atoms with van der Waals surface area (Å²) < 4.78 is 2.14. The molecule has 0 aliphatic heterocycles. The third kappa shape index (κ3) is 2.34. The Morgan fingerprint density at radius 3 is 2.94 bits per heavy atom. The number of carboxylic acid groups (broad SMARTS) is 1. The van der Waals surface area contributed by atoms with E-state index in [9.17, 15) is 4.79 Å². The Labute approximate surface area is 93.5 Å². The number of hydrogen-bond donors (Lipinski definition) is 2. The molecule has 2 rings (SSSR count). The van der Waals surface area contributed by atoms with E-state index in [2.05, 4.69) is 28.1 Å². The minimum atomic E-state index is -0.961. The summed E-state index contributed by atoms with van der Waals surface area (Å²) in [4.78, 5) is 10.3. The molecule has 0 aliphatic carbocycles. The van der Waals surface area contributed by atoms with E-state index in [0.717, 1.165) is 13.0 Å². The molecule has 0 atom stereocenters. The fourth-order valence-corrected chi connectivity index (χ4v) is 1.78. The summed E-state index contributed by atoms with van der Waals surface area (Å²) in [5, 5.41) is 12.0. The van der Waals surface area contributed by atoms with Gasteiger partial charge in [-0.25, -0.2) is 4.79 Å². The monoisotopic (exact) mass is 218 g/mol. The molecule has 0 aliphatic rings. The quantitative estimate of drug-likeness (QED) is 0.773. The lowest BCUT2D eigenvalue weighted by Gasteiger charge is -2.05. The maximum atomic E-state index is 10.3. The van der Waals surface area contributed by atoms with Crippen LogP contribution in [0.3, 0.4) is 0 Å². The summed E-state index contributed by atoms with van der Waals surface area (Å²) >= 11 is 0. The van der Waals surface area contributed by atoms with Gasteiger partial charge >= 0.3 is 6.09 Å². The van der Waals surface area contributed by atoms with Crippen molar-refractivity contribution in [3.8, 4) is 0 Å². The molecule has 0 bridgehead atoms. The van der Waals surface area contributed by atoms with Gasteiger partial charge in [0.05, 0.1) is 0 Å². The first-order valence-corrected chi connectivity index (χ1v) is 5.28. The molecular weight excluding hydrogens is 204 g/mol. The van der Waals surface area contributed by atoms with Crippen LogP contribution >= 0.6 is 0 Å². The Morgan fingerprint density at radius 2 is 2.12 bits per heavy atom. The molecule has 1 heterocycles. The van der Waals surface area contributed by atoms with Crippen LogP contribution in [0.25, 0.3) is 10.9 Å².